The molecule has 1 fully saturated rings. The van der Waals surface area contributed by atoms with E-state index in [1.807, 2.05) is 0 Å². The highest BCUT2D eigenvalue weighted by Crippen LogP contribution is 2.22. The van der Waals surface area contributed by atoms with Gasteiger partial charge in [-0.05, 0) is 12.8 Å². The van der Waals surface area contributed by atoms with Crippen molar-refractivity contribution in [1.29, 1.82) is 5.41 Å². The smallest absolute Gasteiger partial charge is 0.0506 e. The van der Waals surface area contributed by atoms with Gasteiger partial charge in [0.25, 0.3) is 0 Å². The molecule has 0 bridgehead atoms. The van der Waals surface area contributed by atoms with E-state index in [0.717, 1.165) is 12.8 Å². The van der Waals surface area contributed by atoms with E-state index in [-0.39, 0.29) is 5.54 Å². The molecule has 1 aliphatic carbocycles. The second-order valence-electron chi connectivity index (χ2n) is 3.29. The van der Waals surface area contributed by atoms with Crippen molar-refractivity contribution in [3.8, 4) is 0 Å². The summed E-state index contributed by atoms with van der Waals surface area (Å²) >= 11 is 0. The number of hydrogen-bond acceptors (Lipinski definition) is 2. The summed E-state index contributed by atoms with van der Waals surface area (Å²) in [5, 5.41) is 7.14. The van der Waals surface area contributed by atoms with Gasteiger partial charge in [0.15, 0.2) is 0 Å². The van der Waals surface area contributed by atoms with Crippen molar-refractivity contribution in [2.45, 2.75) is 44.1 Å². The summed E-state index contributed by atoms with van der Waals surface area (Å²) in [7, 11) is 0. The first kappa shape index (κ1) is 7.73. The second kappa shape index (κ2) is 3.15. The van der Waals surface area contributed by atoms with Crippen LogP contribution in [-0.4, -0.2) is 11.8 Å². The van der Waals surface area contributed by atoms with Crippen LogP contribution < -0.4 is 5.73 Å². The SMILES string of the molecule is N=CC1(N)CCCCCC1. The molecule has 0 radical (unpaired) electrons. The first-order valence-electron chi connectivity index (χ1n) is 4.07. The fourth-order valence-electron chi connectivity index (χ4n) is 1.53. The van der Waals surface area contributed by atoms with Gasteiger partial charge in [0.1, 0.15) is 0 Å². The molecule has 3 N–H and O–H groups in total. The van der Waals surface area contributed by atoms with Crippen LogP contribution in [0.1, 0.15) is 38.5 Å². The Morgan fingerprint density at radius 3 is 2.00 bits per heavy atom. The molecule has 2 nitrogen and oxygen atoms in total. The van der Waals surface area contributed by atoms with Gasteiger partial charge in [0.05, 0.1) is 5.54 Å². The minimum absolute atomic E-state index is 0.253. The van der Waals surface area contributed by atoms with Crippen LogP contribution in [0.15, 0.2) is 0 Å². The van der Waals surface area contributed by atoms with Crippen molar-refractivity contribution in [1.82, 2.24) is 0 Å². The first-order chi connectivity index (χ1) is 4.77. The maximum absolute atomic E-state index is 7.14. The summed E-state index contributed by atoms with van der Waals surface area (Å²) < 4.78 is 0. The summed E-state index contributed by atoms with van der Waals surface area (Å²) in [6, 6.07) is 0. The van der Waals surface area contributed by atoms with E-state index in [0.29, 0.717) is 0 Å². The lowest BCUT2D eigenvalue weighted by Crippen LogP contribution is -2.40. The third-order valence-corrected chi connectivity index (χ3v) is 2.32. The molecule has 1 rings (SSSR count). The predicted octanol–water partition coefficient (Wildman–Crippen LogP) is 1.69. The van der Waals surface area contributed by atoms with E-state index in [4.69, 9.17) is 11.1 Å². The molecule has 0 unspecified atom stereocenters. The predicted molar refractivity (Wildman–Crippen MR) is 43.4 cm³/mol. The molecule has 2 heteroatoms. The molecule has 0 spiro atoms. The molecule has 0 aromatic rings. The fourth-order valence-corrected chi connectivity index (χ4v) is 1.53. The van der Waals surface area contributed by atoms with Crippen LogP contribution in [0.25, 0.3) is 0 Å². The molecule has 0 heterocycles. The average molecular weight is 140 g/mol. The van der Waals surface area contributed by atoms with Crippen LogP contribution in [0.3, 0.4) is 0 Å². The van der Waals surface area contributed by atoms with Gasteiger partial charge in [0.2, 0.25) is 0 Å². The molecule has 1 saturated carbocycles. The summed E-state index contributed by atoms with van der Waals surface area (Å²) in [5.41, 5.74) is 5.66. The second-order valence-corrected chi connectivity index (χ2v) is 3.29. The zero-order chi connectivity index (χ0) is 7.45. The Balaban J connectivity index is 2.48. The third kappa shape index (κ3) is 1.81. The normalized spacial score (nSPS) is 25.3. The van der Waals surface area contributed by atoms with Crippen LogP contribution in [-0.2, 0) is 0 Å². The highest BCUT2D eigenvalue weighted by atomic mass is 14.7. The van der Waals surface area contributed by atoms with Gasteiger partial charge in [0, 0.05) is 6.21 Å². The molecule has 0 atom stereocenters. The van der Waals surface area contributed by atoms with E-state index >= 15 is 0 Å². The van der Waals surface area contributed by atoms with Crippen LogP contribution in [0, 0.1) is 5.41 Å². The van der Waals surface area contributed by atoms with Gasteiger partial charge in [-0.3, -0.25) is 0 Å². The van der Waals surface area contributed by atoms with E-state index in [2.05, 4.69) is 0 Å². The van der Waals surface area contributed by atoms with Crippen LogP contribution in [0.4, 0.5) is 0 Å². The van der Waals surface area contributed by atoms with Crippen LogP contribution in [0.2, 0.25) is 0 Å². The Labute approximate surface area is 62.3 Å². The Kier molecular flexibility index (Phi) is 2.44. The Hall–Kier alpha value is -0.370. The summed E-state index contributed by atoms with van der Waals surface area (Å²) in [6.07, 6.45) is 8.45. The minimum Gasteiger partial charge on any atom is -0.321 e. The van der Waals surface area contributed by atoms with Gasteiger partial charge >= 0.3 is 0 Å². The molecular weight excluding hydrogens is 124 g/mol. The summed E-state index contributed by atoms with van der Waals surface area (Å²) in [5.74, 6) is 0. The number of rotatable bonds is 1. The Morgan fingerprint density at radius 2 is 1.60 bits per heavy atom. The van der Waals surface area contributed by atoms with Crippen molar-refractivity contribution in [3.63, 3.8) is 0 Å². The van der Waals surface area contributed by atoms with Gasteiger partial charge in [-0.1, -0.05) is 25.7 Å². The number of nitrogens with two attached hydrogens (primary N) is 1. The molecule has 1 aliphatic rings. The molecule has 0 saturated heterocycles. The summed E-state index contributed by atoms with van der Waals surface area (Å²) in [4.78, 5) is 0. The highest BCUT2D eigenvalue weighted by molar-refractivity contribution is 5.66. The van der Waals surface area contributed by atoms with Crippen molar-refractivity contribution in [3.05, 3.63) is 0 Å². The van der Waals surface area contributed by atoms with Crippen LogP contribution >= 0.6 is 0 Å². The van der Waals surface area contributed by atoms with Gasteiger partial charge in [-0.15, -0.1) is 0 Å². The van der Waals surface area contributed by atoms with E-state index in [1.165, 1.54) is 31.9 Å². The van der Waals surface area contributed by atoms with Crippen LogP contribution in [0.5, 0.6) is 0 Å². The maximum atomic E-state index is 7.14. The van der Waals surface area contributed by atoms with E-state index in [1.54, 1.807) is 0 Å². The first-order valence-corrected chi connectivity index (χ1v) is 4.07. The van der Waals surface area contributed by atoms with Crippen molar-refractivity contribution in [2.24, 2.45) is 5.73 Å². The zero-order valence-corrected chi connectivity index (χ0v) is 6.40. The molecule has 10 heavy (non-hydrogen) atoms. The van der Waals surface area contributed by atoms with Crippen molar-refractivity contribution < 1.29 is 0 Å². The van der Waals surface area contributed by atoms with E-state index in [9.17, 15) is 0 Å². The molecule has 0 amide bonds. The Morgan fingerprint density at radius 1 is 1.10 bits per heavy atom. The maximum Gasteiger partial charge on any atom is 0.0506 e. The van der Waals surface area contributed by atoms with Gasteiger partial charge in [-0.2, -0.15) is 0 Å². The fraction of sp³-hybridized carbons (Fsp3) is 0.875. The van der Waals surface area contributed by atoms with Crippen molar-refractivity contribution in [2.75, 3.05) is 0 Å². The average Bonchev–Trinajstić information content (AvgIpc) is 2.15. The largest absolute Gasteiger partial charge is 0.321 e. The lowest BCUT2D eigenvalue weighted by molar-refractivity contribution is 0.500. The topological polar surface area (TPSA) is 49.9 Å². The van der Waals surface area contributed by atoms with Gasteiger partial charge in [-0.25, -0.2) is 0 Å². The molecule has 0 aromatic carbocycles. The quantitative estimate of drug-likeness (QED) is 0.422. The number of nitrogens with one attached hydrogen (secondary N) is 1. The zero-order valence-electron chi connectivity index (χ0n) is 6.40. The molecule has 58 valence electrons. The monoisotopic (exact) mass is 140 g/mol. The third-order valence-electron chi connectivity index (χ3n) is 2.32. The number of hydrogen-bond donors (Lipinski definition) is 2. The lowest BCUT2D eigenvalue weighted by Gasteiger charge is -2.21. The molecule has 0 aliphatic heterocycles. The standard InChI is InChI=1S/C8H16N2/c9-7-8(10)5-3-1-2-4-6-8/h7,9H,1-6,10H2. The summed E-state index contributed by atoms with van der Waals surface area (Å²) in [6.45, 7) is 0. The van der Waals surface area contributed by atoms with Gasteiger partial charge < -0.3 is 11.1 Å². The molecule has 0 aromatic heterocycles. The Bertz CT molecular complexity index is 112. The van der Waals surface area contributed by atoms with Crippen molar-refractivity contribution >= 4 is 6.21 Å². The lowest BCUT2D eigenvalue weighted by atomic mass is 9.93. The van der Waals surface area contributed by atoms with E-state index < -0.39 is 0 Å². The highest BCUT2D eigenvalue weighted by Gasteiger charge is 2.22. The minimum atomic E-state index is -0.253. The molecular formula is C8H16N2.